The van der Waals surface area contributed by atoms with Gasteiger partial charge in [0, 0.05) is 64.7 Å². The van der Waals surface area contributed by atoms with Crippen LogP contribution in [0.5, 0.6) is 5.75 Å². The van der Waals surface area contributed by atoms with Gasteiger partial charge in [0.05, 0.1) is 6.61 Å². The molecule has 1 amide bonds. The lowest BCUT2D eigenvalue weighted by Crippen LogP contribution is -2.53. The van der Waals surface area contributed by atoms with Crippen LogP contribution >= 0.6 is 0 Å². The van der Waals surface area contributed by atoms with Gasteiger partial charge in [-0.15, -0.1) is 0 Å². The van der Waals surface area contributed by atoms with Crippen LogP contribution in [0.15, 0.2) is 18.2 Å². The number of nitrogens with zero attached hydrogens (tertiary/aromatic N) is 3. The van der Waals surface area contributed by atoms with E-state index in [1.54, 1.807) is 6.92 Å². The number of carbonyl (C=O) groups is 1. The molecule has 26 heavy (non-hydrogen) atoms. The fraction of sp³-hybridized carbons (Fsp3) is 0.667. The largest absolute Gasteiger partial charge is 0.493 e. The van der Waals surface area contributed by atoms with Crippen molar-refractivity contribution in [3.8, 4) is 5.75 Å². The van der Waals surface area contributed by atoms with Crippen LogP contribution in [0, 0.1) is 0 Å². The van der Waals surface area contributed by atoms with Gasteiger partial charge in [0.1, 0.15) is 5.75 Å². The molecule has 5 heteroatoms. The second-order valence-corrected chi connectivity index (χ2v) is 7.95. The summed E-state index contributed by atoms with van der Waals surface area (Å²) in [6, 6.07) is 7.86. The van der Waals surface area contributed by atoms with Crippen molar-refractivity contribution >= 4 is 5.91 Å². The second-order valence-electron chi connectivity index (χ2n) is 7.95. The van der Waals surface area contributed by atoms with E-state index >= 15 is 0 Å². The Morgan fingerprint density at radius 1 is 1.12 bits per heavy atom. The number of ether oxygens (including phenoxy) is 1. The third-order valence-electron chi connectivity index (χ3n) is 6.53. The predicted molar refractivity (Wildman–Crippen MR) is 102 cm³/mol. The Morgan fingerprint density at radius 3 is 2.54 bits per heavy atom. The molecule has 2 saturated heterocycles. The molecule has 142 valence electrons. The second kappa shape index (κ2) is 7.57. The van der Waals surface area contributed by atoms with E-state index < -0.39 is 0 Å². The first-order chi connectivity index (χ1) is 12.6. The van der Waals surface area contributed by atoms with Crippen molar-refractivity contribution in [2.45, 2.75) is 45.2 Å². The quantitative estimate of drug-likeness (QED) is 0.832. The average Bonchev–Trinajstić information content (AvgIpc) is 3.15. The van der Waals surface area contributed by atoms with Gasteiger partial charge in [0.25, 0.3) is 0 Å². The van der Waals surface area contributed by atoms with E-state index in [4.69, 9.17) is 4.74 Å². The molecular formula is C21H31N3O2. The van der Waals surface area contributed by atoms with Crippen LogP contribution in [-0.4, -0.2) is 72.5 Å². The molecule has 0 aliphatic carbocycles. The summed E-state index contributed by atoms with van der Waals surface area (Å²) in [5, 5.41) is 0. The Kier molecular flexibility index (Phi) is 5.18. The maximum absolute atomic E-state index is 11.5. The monoisotopic (exact) mass is 357 g/mol. The molecular weight excluding hydrogens is 326 g/mol. The minimum absolute atomic E-state index is 0.223. The minimum atomic E-state index is 0.223. The molecule has 1 aromatic rings. The van der Waals surface area contributed by atoms with Gasteiger partial charge in [0.2, 0.25) is 5.91 Å². The maximum atomic E-state index is 11.5. The molecule has 1 aromatic carbocycles. The summed E-state index contributed by atoms with van der Waals surface area (Å²) >= 11 is 0. The molecule has 0 saturated carbocycles. The van der Waals surface area contributed by atoms with Crippen LogP contribution in [0.1, 0.15) is 43.9 Å². The van der Waals surface area contributed by atoms with Crippen molar-refractivity contribution in [2.75, 3.05) is 45.9 Å². The van der Waals surface area contributed by atoms with E-state index in [0.717, 1.165) is 70.9 Å². The zero-order valence-corrected chi connectivity index (χ0v) is 16.1. The highest BCUT2D eigenvalue weighted by molar-refractivity contribution is 5.73. The lowest BCUT2D eigenvalue weighted by molar-refractivity contribution is -0.130. The van der Waals surface area contributed by atoms with E-state index in [0.29, 0.717) is 12.1 Å². The molecule has 0 bridgehead atoms. The Bertz CT molecular complexity index is 647. The molecule has 0 N–H and O–H groups in total. The number of carbonyl (C=O) groups excluding carboxylic acids is 1. The molecule has 2 fully saturated rings. The van der Waals surface area contributed by atoms with Crippen LogP contribution < -0.4 is 4.74 Å². The summed E-state index contributed by atoms with van der Waals surface area (Å²) in [6.07, 6.45) is 3.29. The number of likely N-dealkylation sites (tertiary alicyclic amines) is 1. The number of hydrogen-bond donors (Lipinski definition) is 0. The van der Waals surface area contributed by atoms with Gasteiger partial charge in [-0.1, -0.05) is 12.1 Å². The van der Waals surface area contributed by atoms with Gasteiger partial charge in [-0.3, -0.25) is 14.6 Å². The van der Waals surface area contributed by atoms with Gasteiger partial charge in [-0.25, -0.2) is 0 Å². The number of piperidine rings is 1. The van der Waals surface area contributed by atoms with Crippen LogP contribution in [0.3, 0.4) is 0 Å². The van der Waals surface area contributed by atoms with Crippen LogP contribution in [0.4, 0.5) is 0 Å². The summed E-state index contributed by atoms with van der Waals surface area (Å²) in [6.45, 7) is 11.2. The molecule has 1 atom stereocenters. The molecule has 5 nitrogen and oxygen atoms in total. The van der Waals surface area contributed by atoms with E-state index in [-0.39, 0.29) is 5.91 Å². The standard InChI is InChI=1S/C21H31N3O2/c1-16(19-4-3-18-7-14-26-21(18)15-19)22-10-12-24(13-11-22)20-5-8-23(9-6-20)17(2)25/h3-4,15-16,20H,5-14H2,1-2H3/t16-/m0/s1. The van der Waals surface area contributed by atoms with Gasteiger partial charge < -0.3 is 9.64 Å². The zero-order chi connectivity index (χ0) is 18.1. The molecule has 3 aliphatic heterocycles. The molecule has 4 rings (SSSR count). The number of rotatable bonds is 3. The lowest BCUT2D eigenvalue weighted by Gasteiger charge is -2.44. The van der Waals surface area contributed by atoms with Gasteiger partial charge in [-0.2, -0.15) is 0 Å². The lowest BCUT2D eigenvalue weighted by atomic mass is 10.0. The number of fused-ring (bicyclic) bond motifs is 1. The summed E-state index contributed by atoms with van der Waals surface area (Å²) in [4.78, 5) is 18.7. The summed E-state index contributed by atoms with van der Waals surface area (Å²) in [7, 11) is 0. The van der Waals surface area contributed by atoms with E-state index in [2.05, 4.69) is 34.9 Å². The van der Waals surface area contributed by atoms with Crippen molar-refractivity contribution in [1.29, 1.82) is 0 Å². The normalized spacial score (nSPS) is 23.5. The summed E-state index contributed by atoms with van der Waals surface area (Å²) in [5.41, 5.74) is 2.72. The topological polar surface area (TPSA) is 36.0 Å². The molecule has 0 aromatic heterocycles. The van der Waals surface area contributed by atoms with Gasteiger partial charge >= 0.3 is 0 Å². The molecule has 0 spiro atoms. The van der Waals surface area contributed by atoms with E-state index in [1.165, 1.54) is 11.1 Å². The van der Waals surface area contributed by atoms with Crippen LogP contribution in [0.2, 0.25) is 0 Å². The Hall–Kier alpha value is -1.59. The number of benzene rings is 1. The third-order valence-corrected chi connectivity index (χ3v) is 6.53. The van der Waals surface area contributed by atoms with Crippen molar-refractivity contribution in [1.82, 2.24) is 14.7 Å². The van der Waals surface area contributed by atoms with Crippen LogP contribution in [-0.2, 0) is 11.2 Å². The first-order valence-corrected chi connectivity index (χ1v) is 10.1. The molecule has 3 heterocycles. The Morgan fingerprint density at radius 2 is 1.85 bits per heavy atom. The molecule has 3 aliphatic rings. The average molecular weight is 357 g/mol. The van der Waals surface area contributed by atoms with Gasteiger partial charge in [0.15, 0.2) is 0 Å². The number of piperazine rings is 1. The first-order valence-electron chi connectivity index (χ1n) is 10.1. The van der Waals surface area contributed by atoms with E-state index in [1.807, 2.05) is 4.90 Å². The highest BCUT2D eigenvalue weighted by atomic mass is 16.5. The molecule has 0 radical (unpaired) electrons. The SMILES string of the molecule is CC(=O)N1CCC(N2CCN([C@@H](C)c3ccc4c(c3)OCC4)CC2)CC1. The zero-order valence-electron chi connectivity index (χ0n) is 16.1. The van der Waals surface area contributed by atoms with Crippen molar-refractivity contribution < 1.29 is 9.53 Å². The Labute approximate surface area is 156 Å². The fourth-order valence-electron chi connectivity index (χ4n) is 4.69. The molecule has 0 unspecified atom stereocenters. The maximum Gasteiger partial charge on any atom is 0.219 e. The van der Waals surface area contributed by atoms with Crippen molar-refractivity contribution in [2.24, 2.45) is 0 Å². The minimum Gasteiger partial charge on any atom is -0.493 e. The summed E-state index contributed by atoms with van der Waals surface area (Å²) < 4.78 is 5.74. The highest BCUT2D eigenvalue weighted by Gasteiger charge is 2.29. The van der Waals surface area contributed by atoms with Crippen molar-refractivity contribution in [3.63, 3.8) is 0 Å². The smallest absolute Gasteiger partial charge is 0.219 e. The number of amides is 1. The fourth-order valence-corrected chi connectivity index (χ4v) is 4.69. The van der Waals surface area contributed by atoms with Crippen LogP contribution in [0.25, 0.3) is 0 Å². The summed E-state index contributed by atoms with van der Waals surface area (Å²) in [5.74, 6) is 1.31. The van der Waals surface area contributed by atoms with E-state index in [9.17, 15) is 4.79 Å². The predicted octanol–water partition coefficient (Wildman–Crippen LogP) is 2.31. The van der Waals surface area contributed by atoms with Crippen molar-refractivity contribution in [3.05, 3.63) is 29.3 Å². The Balaban J connectivity index is 1.30. The van der Waals surface area contributed by atoms with Gasteiger partial charge in [-0.05, 0) is 37.0 Å². The number of hydrogen-bond acceptors (Lipinski definition) is 4. The first kappa shape index (κ1) is 17.8. The third kappa shape index (κ3) is 3.60. The highest BCUT2D eigenvalue weighted by Crippen LogP contribution is 2.31.